The van der Waals surface area contributed by atoms with Gasteiger partial charge in [-0.1, -0.05) is 11.6 Å². The summed E-state index contributed by atoms with van der Waals surface area (Å²) in [6.07, 6.45) is 3.47. The third kappa shape index (κ3) is 3.16. The van der Waals surface area contributed by atoms with Crippen molar-refractivity contribution in [2.75, 3.05) is 18.0 Å². The highest BCUT2D eigenvalue weighted by molar-refractivity contribution is 6.31. The Hall–Kier alpha value is -2.80. The van der Waals surface area contributed by atoms with E-state index in [1.807, 2.05) is 37.1 Å². The van der Waals surface area contributed by atoms with Gasteiger partial charge >= 0.3 is 0 Å². The Bertz CT molecular complexity index is 1040. The van der Waals surface area contributed by atoms with Gasteiger partial charge in [-0.05, 0) is 32.0 Å². The van der Waals surface area contributed by atoms with Gasteiger partial charge in [0.1, 0.15) is 5.65 Å². The van der Waals surface area contributed by atoms with E-state index in [1.165, 1.54) is 0 Å². The summed E-state index contributed by atoms with van der Waals surface area (Å²) < 4.78 is 0. The SMILES string of the molecule is CC(=O)N1[C@H](C)CN(c2nc(-c3c[nH]c4ncc(Cl)cc34)ccc2[NH])C[C@@H]1C. The molecule has 1 amide bonds. The summed E-state index contributed by atoms with van der Waals surface area (Å²) in [7, 11) is 0. The van der Waals surface area contributed by atoms with Crippen LogP contribution in [0.2, 0.25) is 5.02 Å². The lowest BCUT2D eigenvalue weighted by atomic mass is 10.1. The molecule has 3 aromatic rings. The normalized spacial score (nSPS) is 20.0. The zero-order chi connectivity index (χ0) is 20.0. The average Bonchev–Trinajstić information content (AvgIpc) is 3.04. The highest BCUT2D eigenvalue weighted by Gasteiger charge is 2.32. The fraction of sp³-hybridized carbons (Fsp3) is 0.350. The van der Waals surface area contributed by atoms with Crippen molar-refractivity contribution in [3.8, 4) is 11.3 Å². The van der Waals surface area contributed by atoms with Crippen LogP contribution < -0.4 is 10.6 Å². The number of halogens is 1. The number of aromatic amines is 1. The first-order valence-corrected chi connectivity index (χ1v) is 9.62. The van der Waals surface area contributed by atoms with E-state index in [9.17, 15) is 4.79 Å². The Morgan fingerprint density at radius 3 is 2.68 bits per heavy atom. The number of carbonyl (C=O) groups excluding carboxylic acids is 1. The molecule has 0 aliphatic carbocycles. The lowest BCUT2D eigenvalue weighted by molar-refractivity contribution is -0.133. The molecule has 4 rings (SSSR count). The van der Waals surface area contributed by atoms with Crippen LogP contribution in [0.3, 0.4) is 0 Å². The first kappa shape index (κ1) is 18.6. The van der Waals surface area contributed by atoms with Gasteiger partial charge in [0, 0.05) is 55.4 Å². The molecule has 0 unspecified atom stereocenters. The Balaban J connectivity index is 1.72. The maximum atomic E-state index is 11.9. The zero-order valence-electron chi connectivity index (χ0n) is 16.0. The number of hydrogen-bond donors (Lipinski definition) is 1. The van der Waals surface area contributed by atoms with Crippen molar-refractivity contribution in [3.05, 3.63) is 35.6 Å². The van der Waals surface area contributed by atoms with Gasteiger partial charge in [0.05, 0.1) is 16.4 Å². The first-order valence-electron chi connectivity index (χ1n) is 9.24. The lowest BCUT2D eigenvalue weighted by Crippen LogP contribution is -2.58. The van der Waals surface area contributed by atoms with E-state index in [0.717, 1.165) is 22.3 Å². The molecule has 1 fully saturated rings. The highest BCUT2D eigenvalue weighted by atomic mass is 35.5. The summed E-state index contributed by atoms with van der Waals surface area (Å²) in [4.78, 5) is 28.2. The molecular formula is C20H22ClN6O. The fourth-order valence-electron chi connectivity index (χ4n) is 4.15. The van der Waals surface area contributed by atoms with Crippen LogP contribution in [0.5, 0.6) is 0 Å². The van der Waals surface area contributed by atoms with E-state index in [-0.39, 0.29) is 18.0 Å². The van der Waals surface area contributed by atoms with Crippen molar-refractivity contribution in [2.24, 2.45) is 0 Å². The summed E-state index contributed by atoms with van der Waals surface area (Å²) in [5.74, 6) is 0.708. The molecule has 145 valence electrons. The molecular weight excluding hydrogens is 376 g/mol. The number of aromatic nitrogens is 3. The highest BCUT2D eigenvalue weighted by Crippen LogP contribution is 2.33. The quantitative estimate of drug-likeness (QED) is 0.714. The number of nitrogens with zero attached hydrogens (tertiary/aromatic N) is 4. The van der Waals surface area contributed by atoms with Crippen LogP contribution in [0.4, 0.5) is 11.5 Å². The van der Waals surface area contributed by atoms with Gasteiger partial charge in [0.25, 0.3) is 0 Å². The summed E-state index contributed by atoms with van der Waals surface area (Å²) in [5, 5.41) is 1.46. The van der Waals surface area contributed by atoms with E-state index in [2.05, 4.69) is 14.9 Å². The van der Waals surface area contributed by atoms with Crippen molar-refractivity contribution >= 4 is 40.0 Å². The first-order chi connectivity index (χ1) is 13.3. The number of amides is 1. The van der Waals surface area contributed by atoms with Crippen LogP contribution in [-0.2, 0) is 4.79 Å². The minimum absolute atomic E-state index is 0.0576. The molecule has 0 saturated carbocycles. The predicted octanol–water partition coefficient (Wildman–Crippen LogP) is 3.64. The Morgan fingerprint density at radius 2 is 2.00 bits per heavy atom. The Labute approximate surface area is 168 Å². The average molecular weight is 398 g/mol. The predicted molar refractivity (Wildman–Crippen MR) is 111 cm³/mol. The van der Waals surface area contributed by atoms with E-state index >= 15 is 0 Å². The minimum atomic E-state index is 0.0576. The summed E-state index contributed by atoms with van der Waals surface area (Å²) in [6.45, 7) is 6.96. The van der Waals surface area contributed by atoms with E-state index in [1.54, 1.807) is 19.2 Å². The summed E-state index contributed by atoms with van der Waals surface area (Å²) in [6, 6.07) is 5.58. The third-order valence-electron chi connectivity index (χ3n) is 5.23. The molecule has 7 nitrogen and oxygen atoms in total. The Kier molecular flexibility index (Phi) is 4.63. The van der Waals surface area contributed by atoms with Gasteiger partial charge in [-0.3, -0.25) is 10.5 Å². The number of pyridine rings is 2. The van der Waals surface area contributed by atoms with Crippen LogP contribution in [0, 0.1) is 0 Å². The molecule has 1 aliphatic heterocycles. The molecule has 1 aliphatic rings. The van der Waals surface area contributed by atoms with Gasteiger partial charge in [0.15, 0.2) is 5.82 Å². The molecule has 8 heteroatoms. The molecule has 2 N–H and O–H groups in total. The van der Waals surface area contributed by atoms with Crippen LogP contribution in [0.1, 0.15) is 20.8 Å². The van der Waals surface area contributed by atoms with E-state index < -0.39 is 0 Å². The number of fused-ring (bicyclic) bond motifs is 1. The number of rotatable bonds is 2. The number of piperazine rings is 1. The van der Waals surface area contributed by atoms with Crippen LogP contribution in [0.15, 0.2) is 30.6 Å². The molecule has 2 atom stereocenters. The van der Waals surface area contributed by atoms with E-state index in [4.69, 9.17) is 22.3 Å². The number of anilines is 1. The summed E-state index contributed by atoms with van der Waals surface area (Å²) >= 11 is 6.12. The molecule has 0 spiro atoms. The van der Waals surface area contributed by atoms with Gasteiger partial charge in [-0.2, -0.15) is 0 Å². The summed E-state index contributed by atoms with van der Waals surface area (Å²) in [5.41, 5.74) is 11.1. The van der Waals surface area contributed by atoms with Crippen LogP contribution in [-0.4, -0.2) is 50.9 Å². The van der Waals surface area contributed by atoms with E-state index in [0.29, 0.717) is 29.6 Å². The lowest BCUT2D eigenvalue weighted by Gasteiger charge is -2.44. The minimum Gasteiger partial charge on any atom is -0.351 e. The van der Waals surface area contributed by atoms with Crippen LogP contribution >= 0.6 is 11.6 Å². The molecule has 0 aromatic carbocycles. The van der Waals surface area contributed by atoms with Gasteiger partial charge < -0.3 is 14.8 Å². The number of hydrogen-bond acceptors (Lipinski definition) is 4. The maximum absolute atomic E-state index is 11.9. The number of carbonyl (C=O) groups is 1. The number of H-pyrrole nitrogens is 1. The van der Waals surface area contributed by atoms with Crippen molar-refractivity contribution < 1.29 is 4.79 Å². The zero-order valence-corrected chi connectivity index (χ0v) is 16.8. The second kappa shape index (κ2) is 6.98. The Morgan fingerprint density at radius 1 is 1.29 bits per heavy atom. The monoisotopic (exact) mass is 397 g/mol. The molecule has 1 saturated heterocycles. The number of nitrogens with one attached hydrogen (secondary N) is 2. The molecule has 1 radical (unpaired) electrons. The molecule has 3 aromatic heterocycles. The van der Waals surface area contributed by atoms with Crippen molar-refractivity contribution in [1.82, 2.24) is 25.6 Å². The smallest absolute Gasteiger partial charge is 0.220 e. The third-order valence-corrected chi connectivity index (χ3v) is 5.44. The standard InChI is InChI=1S/C20H22ClN6O/c1-11-9-26(10-12(2)27(11)13(3)28)20-17(22)4-5-18(25-20)16-8-24-19-15(16)6-14(21)7-23-19/h4-8,11-12,22H,9-10H2,1-3H3,(H,23,24)/t11-,12+. The molecule has 4 heterocycles. The largest absolute Gasteiger partial charge is 0.351 e. The topological polar surface area (TPSA) is 88.9 Å². The second-order valence-corrected chi connectivity index (χ2v) is 7.79. The molecule has 0 bridgehead atoms. The van der Waals surface area contributed by atoms with Crippen molar-refractivity contribution in [1.29, 1.82) is 0 Å². The second-order valence-electron chi connectivity index (χ2n) is 7.35. The van der Waals surface area contributed by atoms with Crippen molar-refractivity contribution in [2.45, 2.75) is 32.9 Å². The van der Waals surface area contributed by atoms with Gasteiger partial charge in [-0.15, -0.1) is 0 Å². The van der Waals surface area contributed by atoms with Crippen LogP contribution in [0.25, 0.3) is 22.3 Å². The molecule has 28 heavy (non-hydrogen) atoms. The van der Waals surface area contributed by atoms with Gasteiger partial charge in [0.2, 0.25) is 5.91 Å². The fourth-order valence-corrected chi connectivity index (χ4v) is 4.30. The van der Waals surface area contributed by atoms with Crippen molar-refractivity contribution in [3.63, 3.8) is 0 Å². The maximum Gasteiger partial charge on any atom is 0.220 e. The van der Waals surface area contributed by atoms with Gasteiger partial charge in [-0.25, -0.2) is 9.97 Å².